The van der Waals surface area contributed by atoms with E-state index in [1.54, 1.807) is 0 Å². The minimum Gasteiger partial charge on any atom is -0.297 e. The molecule has 0 radical (unpaired) electrons. The van der Waals surface area contributed by atoms with E-state index in [2.05, 4.69) is 140 Å². The van der Waals surface area contributed by atoms with Crippen LogP contribution in [-0.2, 0) is 0 Å². The van der Waals surface area contributed by atoms with Crippen molar-refractivity contribution in [2.75, 3.05) is 32.7 Å². The van der Waals surface area contributed by atoms with Gasteiger partial charge in [0.25, 0.3) is 0 Å². The average molecular weight is 544 g/mol. The molecule has 1 aliphatic rings. The van der Waals surface area contributed by atoms with E-state index in [0.29, 0.717) is 0 Å². The van der Waals surface area contributed by atoms with Crippen molar-refractivity contribution in [1.82, 2.24) is 30.0 Å². The lowest BCUT2D eigenvalue weighted by atomic mass is 10.0. The summed E-state index contributed by atoms with van der Waals surface area (Å²) >= 11 is 3.59. The second-order valence-electron chi connectivity index (χ2n) is 9.29. The zero-order valence-corrected chi connectivity index (χ0v) is 22.3. The molecule has 0 N–H and O–H groups in total. The van der Waals surface area contributed by atoms with Gasteiger partial charge >= 0.3 is 0 Å². The maximum atomic E-state index is 4.58. The molecule has 1 fully saturated rings. The molecule has 0 amide bonds. The summed E-state index contributed by atoms with van der Waals surface area (Å²) in [5.41, 5.74) is 5.81. The maximum absolute atomic E-state index is 4.58. The maximum Gasteiger partial charge on any atom is 0.178 e. The number of piperazine rings is 1. The van der Waals surface area contributed by atoms with Gasteiger partial charge in [-0.25, -0.2) is 0 Å². The van der Waals surface area contributed by atoms with Crippen molar-refractivity contribution >= 4 is 22.0 Å². The van der Waals surface area contributed by atoms with Crippen molar-refractivity contribution in [2.24, 2.45) is 0 Å². The van der Waals surface area contributed by atoms with Crippen molar-refractivity contribution in [3.05, 3.63) is 111 Å². The molecule has 1 atom stereocenters. The summed E-state index contributed by atoms with van der Waals surface area (Å²) in [5, 5.41) is 13.2. The summed E-state index contributed by atoms with van der Waals surface area (Å²) in [6.45, 7) is 9.06. The molecule has 0 bridgehead atoms. The van der Waals surface area contributed by atoms with Gasteiger partial charge in [0.2, 0.25) is 0 Å². The van der Waals surface area contributed by atoms with Crippen LogP contribution >= 0.6 is 15.9 Å². The fraction of sp³-hybridized carbons (Fsp3) is 0.276. The Hall–Kier alpha value is -3.13. The van der Waals surface area contributed by atoms with Gasteiger partial charge in [-0.3, -0.25) is 9.80 Å². The fourth-order valence-electron chi connectivity index (χ4n) is 4.94. The Kier molecular flexibility index (Phi) is 7.70. The van der Waals surface area contributed by atoms with Gasteiger partial charge in [0, 0.05) is 37.2 Å². The number of tetrazole rings is 1. The smallest absolute Gasteiger partial charge is 0.178 e. The number of rotatable bonds is 7. The summed E-state index contributed by atoms with van der Waals surface area (Å²) in [7, 11) is 0. The highest BCUT2D eigenvalue weighted by Gasteiger charge is 2.31. The highest BCUT2D eigenvalue weighted by Crippen LogP contribution is 2.31. The van der Waals surface area contributed by atoms with Crippen LogP contribution in [0, 0.1) is 13.8 Å². The van der Waals surface area contributed by atoms with Crippen LogP contribution in [-0.4, -0.2) is 62.7 Å². The Morgan fingerprint density at radius 2 is 1.56 bits per heavy atom. The monoisotopic (exact) mass is 542 g/mol. The first-order valence-corrected chi connectivity index (χ1v) is 13.2. The average Bonchev–Trinajstić information content (AvgIpc) is 3.36. The molecule has 0 spiro atoms. The molecule has 1 aliphatic heterocycles. The van der Waals surface area contributed by atoms with Gasteiger partial charge in [0.15, 0.2) is 5.82 Å². The first kappa shape index (κ1) is 24.6. The van der Waals surface area contributed by atoms with Gasteiger partial charge < -0.3 is 0 Å². The lowest BCUT2D eigenvalue weighted by molar-refractivity contribution is 0.113. The van der Waals surface area contributed by atoms with Crippen LogP contribution in [0.25, 0.3) is 11.8 Å². The second kappa shape index (κ2) is 11.3. The minimum atomic E-state index is -0.0332. The third-order valence-corrected chi connectivity index (χ3v) is 7.35. The Labute approximate surface area is 221 Å². The van der Waals surface area contributed by atoms with Crippen LogP contribution < -0.4 is 0 Å². The third-order valence-electron chi connectivity index (χ3n) is 6.82. The quantitative estimate of drug-likeness (QED) is 0.310. The van der Waals surface area contributed by atoms with Crippen LogP contribution in [0.2, 0.25) is 0 Å². The van der Waals surface area contributed by atoms with Crippen molar-refractivity contribution in [1.29, 1.82) is 0 Å². The number of aryl methyl sites for hydroxylation is 2. The molecule has 1 saturated heterocycles. The van der Waals surface area contributed by atoms with Crippen molar-refractivity contribution in [2.45, 2.75) is 19.9 Å². The van der Waals surface area contributed by atoms with Crippen LogP contribution in [0.3, 0.4) is 0 Å². The summed E-state index contributed by atoms with van der Waals surface area (Å²) < 4.78 is 3.00. The molecule has 184 valence electrons. The van der Waals surface area contributed by atoms with E-state index in [1.165, 1.54) is 11.1 Å². The van der Waals surface area contributed by atoms with Crippen molar-refractivity contribution < 1.29 is 0 Å². The predicted molar refractivity (Wildman–Crippen MR) is 148 cm³/mol. The lowest BCUT2D eigenvalue weighted by Gasteiger charge is -2.38. The number of aromatic nitrogens is 4. The van der Waals surface area contributed by atoms with Gasteiger partial charge in [-0.05, 0) is 58.7 Å². The van der Waals surface area contributed by atoms with E-state index in [-0.39, 0.29) is 6.04 Å². The Balaban J connectivity index is 1.39. The summed E-state index contributed by atoms with van der Waals surface area (Å²) in [6, 6.07) is 25.3. The SMILES string of the molecule is Cc1cccc(C)c1-n1nnnc1C(c1ccc(Br)cc1)N1CCN(CC=Cc2ccccc2)CC1. The zero-order chi connectivity index (χ0) is 24.9. The first-order valence-electron chi connectivity index (χ1n) is 12.4. The second-order valence-corrected chi connectivity index (χ2v) is 10.2. The van der Waals surface area contributed by atoms with Crippen LogP contribution in [0.4, 0.5) is 0 Å². The number of hydrogen-bond donors (Lipinski definition) is 0. The van der Waals surface area contributed by atoms with E-state index >= 15 is 0 Å². The predicted octanol–water partition coefficient (Wildman–Crippen LogP) is 5.46. The number of nitrogens with zero attached hydrogens (tertiary/aromatic N) is 6. The molecule has 4 aromatic rings. The number of benzene rings is 3. The summed E-state index contributed by atoms with van der Waals surface area (Å²) in [4.78, 5) is 5.01. The molecule has 2 heterocycles. The number of hydrogen-bond acceptors (Lipinski definition) is 5. The summed E-state index contributed by atoms with van der Waals surface area (Å²) in [5.74, 6) is 0.854. The molecule has 6 nitrogen and oxygen atoms in total. The van der Waals surface area contributed by atoms with Gasteiger partial charge in [0.05, 0.1) is 11.7 Å². The molecule has 0 saturated carbocycles. The molecule has 3 aromatic carbocycles. The van der Waals surface area contributed by atoms with Crippen LogP contribution in [0.1, 0.15) is 34.1 Å². The highest BCUT2D eigenvalue weighted by atomic mass is 79.9. The Morgan fingerprint density at radius 3 is 2.25 bits per heavy atom. The molecule has 5 rings (SSSR count). The summed E-state index contributed by atoms with van der Waals surface area (Å²) in [6.07, 6.45) is 4.47. The van der Waals surface area contributed by atoms with E-state index in [0.717, 1.165) is 59.8 Å². The van der Waals surface area contributed by atoms with Gasteiger partial charge in [-0.15, -0.1) is 5.10 Å². The Morgan fingerprint density at radius 1 is 0.861 bits per heavy atom. The first-order chi connectivity index (χ1) is 17.6. The van der Waals surface area contributed by atoms with Crippen LogP contribution in [0.15, 0.2) is 83.3 Å². The number of para-hydroxylation sites is 1. The zero-order valence-electron chi connectivity index (χ0n) is 20.8. The van der Waals surface area contributed by atoms with Crippen molar-refractivity contribution in [3.8, 4) is 5.69 Å². The van der Waals surface area contributed by atoms with Gasteiger partial charge in [-0.2, -0.15) is 4.68 Å². The largest absolute Gasteiger partial charge is 0.297 e. The Bertz CT molecular complexity index is 1290. The van der Waals surface area contributed by atoms with Gasteiger partial charge in [0.1, 0.15) is 0 Å². The number of halogens is 1. The molecule has 0 aliphatic carbocycles. The molecular weight excluding hydrogens is 512 g/mol. The van der Waals surface area contributed by atoms with Crippen LogP contribution in [0.5, 0.6) is 0 Å². The standard InChI is InChI=1S/C29H31BrN6/c1-22-8-6-9-23(2)27(22)36-29(31-32-33-36)28(25-13-15-26(30)16-14-25)35-20-18-34(19-21-35)17-7-12-24-10-4-3-5-11-24/h3-16,28H,17-21H2,1-2H3. The van der Waals surface area contributed by atoms with E-state index in [1.807, 2.05) is 4.68 Å². The van der Waals surface area contributed by atoms with Gasteiger partial charge in [-0.1, -0.05) is 88.7 Å². The van der Waals surface area contributed by atoms with E-state index < -0.39 is 0 Å². The van der Waals surface area contributed by atoms with Crippen molar-refractivity contribution in [3.63, 3.8) is 0 Å². The normalized spacial score (nSPS) is 16.0. The third kappa shape index (κ3) is 5.48. The fourth-order valence-corrected chi connectivity index (χ4v) is 5.20. The van der Waals surface area contributed by atoms with E-state index in [4.69, 9.17) is 0 Å². The van der Waals surface area contributed by atoms with E-state index in [9.17, 15) is 0 Å². The molecule has 36 heavy (non-hydrogen) atoms. The highest BCUT2D eigenvalue weighted by molar-refractivity contribution is 9.10. The lowest BCUT2D eigenvalue weighted by Crippen LogP contribution is -2.48. The molecule has 1 aromatic heterocycles. The topological polar surface area (TPSA) is 50.1 Å². The molecular formula is C29H31BrN6. The minimum absolute atomic E-state index is 0.0332. The molecule has 1 unspecified atom stereocenters. The molecule has 7 heteroatoms.